The van der Waals surface area contributed by atoms with Crippen LogP contribution in [0.25, 0.3) is 0 Å². The van der Waals surface area contributed by atoms with Crippen molar-refractivity contribution < 1.29 is 9.18 Å². The molecule has 19 heavy (non-hydrogen) atoms. The highest BCUT2D eigenvalue weighted by atomic mass is 35.5. The van der Waals surface area contributed by atoms with E-state index in [1.165, 1.54) is 12.1 Å². The number of carbonyl (C=O) groups excluding carboxylic acids is 1. The van der Waals surface area contributed by atoms with Crippen LogP contribution in [0.3, 0.4) is 0 Å². The van der Waals surface area contributed by atoms with Crippen LogP contribution in [0.5, 0.6) is 0 Å². The number of carbonyl (C=O) groups is 1. The fraction of sp³-hybridized carbons (Fsp3) is 0.0714. The van der Waals surface area contributed by atoms with E-state index < -0.39 is 11.7 Å². The largest absolute Gasteiger partial charge is 0.397 e. The molecule has 0 bridgehead atoms. The van der Waals surface area contributed by atoms with Gasteiger partial charge in [-0.1, -0.05) is 17.7 Å². The highest BCUT2D eigenvalue weighted by molar-refractivity contribution is 6.34. The molecule has 0 saturated heterocycles. The van der Waals surface area contributed by atoms with Gasteiger partial charge in [0.15, 0.2) is 0 Å². The first kappa shape index (κ1) is 13.4. The van der Waals surface area contributed by atoms with Crippen LogP contribution in [0.1, 0.15) is 15.9 Å². The number of amides is 1. The second-order valence-electron chi connectivity index (χ2n) is 4.17. The first-order valence-corrected chi connectivity index (χ1v) is 5.97. The molecule has 0 radical (unpaired) electrons. The maximum Gasteiger partial charge on any atom is 0.257 e. The van der Waals surface area contributed by atoms with Crippen LogP contribution in [0.2, 0.25) is 5.02 Å². The molecule has 0 fully saturated rings. The van der Waals surface area contributed by atoms with Crippen molar-refractivity contribution in [2.24, 2.45) is 0 Å². The van der Waals surface area contributed by atoms with Gasteiger partial charge in [0.25, 0.3) is 5.91 Å². The van der Waals surface area contributed by atoms with E-state index >= 15 is 0 Å². The number of nitrogens with one attached hydrogen (secondary N) is 1. The molecular weight excluding hydrogens is 267 g/mol. The zero-order valence-electron chi connectivity index (χ0n) is 10.2. The SMILES string of the molecule is Cc1ccc(NC(=O)c2ccc(F)cc2Cl)c(N)c1. The summed E-state index contributed by atoms with van der Waals surface area (Å²) in [5.74, 6) is -0.919. The Bertz CT molecular complexity index is 643. The summed E-state index contributed by atoms with van der Waals surface area (Å²) in [4.78, 5) is 12.0. The summed E-state index contributed by atoms with van der Waals surface area (Å²) in [7, 11) is 0. The lowest BCUT2D eigenvalue weighted by atomic mass is 10.1. The fourth-order valence-electron chi connectivity index (χ4n) is 1.66. The van der Waals surface area contributed by atoms with Crippen LogP contribution in [0.4, 0.5) is 15.8 Å². The summed E-state index contributed by atoms with van der Waals surface area (Å²) in [6.45, 7) is 1.90. The lowest BCUT2D eigenvalue weighted by Gasteiger charge is -2.09. The molecule has 0 aliphatic carbocycles. The second kappa shape index (κ2) is 5.28. The lowest BCUT2D eigenvalue weighted by molar-refractivity contribution is 0.102. The molecule has 0 heterocycles. The first-order chi connectivity index (χ1) is 8.97. The van der Waals surface area contributed by atoms with Crippen LogP contribution < -0.4 is 11.1 Å². The molecule has 5 heteroatoms. The summed E-state index contributed by atoms with van der Waals surface area (Å²) in [5.41, 5.74) is 7.96. The number of nitrogen functional groups attached to an aromatic ring is 1. The minimum absolute atomic E-state index is 0.0585. The van der Waals surface area contributed by atoms with Crippen molar-refractivity contribution in [2.45, 2.75) is 6.92 Å². The van der Waals surface area contributed by atoms with Gasteiger partial charge in [0.05, 0.1) is 22.0 Å². The third kappa shape index (κ3) is 3.03. The third-order valence-corrected chi connectivity index (χ3v) is 2.94. The smallest absolute Gasteiger partial charge is 0.257 e. The predicted octanol–water partition coefficient (Wildman–Crippen LogP) is 3.62. The Morgan fingerprint density at radius 1 is 1.26 bits per heavy atom. The van der Waals surface area contributed by atoms with E-state index in [0.717, 1.165) is 11.6 Å². The van der Waals surface area contributed by atoms with Crippen LogP contribution in [-0.4, -0.2) is 5.91 Å². The Labute approximate surface area is 115 Å². The Hall–Kier alpha value is -2.07. The Morgan fingerprint density at radius 3 is 2.63 bits per heavy atom. The molecule has 2 rings (SSSR count). The van der Waals surface area contributed by atoms with Crippen molar-refractivity contribution in [3.63, 3.8) is 0 Å². The van der Waals surface area contributed by atoms with Crippen molar-refractivity contribution in [3.05, 3.63) is 58.4 Å². The normalized spacial score (nSPS) is 10.3. The molecule has 0 saturated carbocycles. The van der Waals surface area contributed by atoms with Gasteiger partial charge >= 0.3 is 0 Å². The van der Waals surface area contributed by atoms with Gasteiger partial charge in [0.1, 0.15) is 5.82 Å². The molecule has 1 amide bonds. The summed E-state index contributed by atoms with van der Waals surface area (Å²) in [5, 5.41) is 2.70. The number of aryl methyl sites for hydroxylation is 1. The van der Waals surface area contributed by atoms with Gasteiger partial charge in [-0.15, -0.1) is 0 Å². The number of hydrogen-bond acceptors (Lipinski definition) is 2. The Morgan fingerprint density at radius 2 is 2.00 bits per heavy atom. The van der Waals surface area contributed by atoms with Gasteiger partial charge in [-0.2, -0.15) is 0 Å². The molecule has 0 aliphatic rings. The van der Waals surface area contributed by atoms with E-state index in [9.17, 15) is 9.18 Å². The average Bonchev–Trinajstić information content (AvgIpc) is 2.32. The fourth-order valence-corrected chi connectivity index (χ4v) is 1.91. The Balaban J connectivity index is 2.25. The van der Waals surface area contributed by atoms with E-state index in [0.29, 0.717) is 11.4 Å². The van der Waals surface area contributed by atoms with E-state index in [1.807, 2.05) is 13.0 Å². The van der Waals surface area contributed by atoms with Crippen molar-refractivity contribution in [3.8, 4) is 0 Å². The van der Waals surface area contributed by atoms with Crippen LogP contribution in [0, 0.1) is 12.7 Å². The monoisotopic (exact) mass is 278 g/mol. The zero-order chi connectivity index (χ0) is 14.0. The third-order valence-electron chi connectivity index (χ3n) is 2.63. The van der Waals surface area contributed by atoms with E-state index in [-0.39, 0.29) is 10.6 Å². The molecule has 0 spiro atoms. The summed E-state index contributed by atoms with van der Waals surface area (Å²) < 4.78 is 12.9. The molecule has 2 aromatic rings. The second-order valence-corrected chi connectivity index (χ2v) is 4.58. The van der Waals surface area contributed by atoms with Crippen molar-refractivity contribution in [1.82, 2.24) is 0 Å². The van der Waals surface area contributed by atoms with E-state index in [2.05, 4.69) is 5.32 Å². The molecule has 98 valence electrons. The molecule has 0 atom stereocenters. The maximum absolute atomic E-state index is 12.9. The molecule has 0 aliphatic heterocycles. The predicted molar refractivity (Wildman–Crippen MR) is 75.0 cm³/mol. The quantitative estimate of drug-likeness (QED) is 0.824. The minimum atomic E-state index is -0.489. The summed E-state index contributed by atoms with van der Waals surface area (Å²) in [6.07, 6.45) is 0. The van der Waals surface area contributed by atoms with Crippen molar-refractivity contribution >= 4 is 28.9 Å². The van der Waals surface area contributed by atoms with Gasteiger partial charge in [-0.3, -0.25) is 4.79 Å². The first-order valence-electron chi connectivity index (χ1n) is 5.60. The summed E-state index contributed by atoms with van der Waals surface area (Å²) >= 11 is 5.82. The van der Waals surface area contributed by atoms with Gasteiger partial charge < -0.3 is 11.1 Å². The van der Waals surface area contributed by atoms with Gasteiger partial charge in [0.2, 0.25) is 0 Å². The molecule has 3 nitrogen and oxygen atoms in total. The number of rotatable bonds is 2. The molecule has 2 aromatic carbocycles. The number of anilines is 2. The van der Waals surface area contributed by atoms with Crippen LogP contribution >= 0.6 is 11.6 Å². The molecule has 0 unspecified atom stereocenters. The van der Waals surface area contributed by atoms with Gasteiger partial charge in [-0.05, 0) is 42.8 Å². The number of halogens is 2. The minimum Gasteiger partial charge on any atom is -0.397 e. The van der Waals surface area contributed by atoms with Gasteiger partial charge in [-0.25, -0.2) is 4.39 Å². The number of nitrogens with two attached hydrogens (primary N) is 1. The highest BCUT2D eigenvalue weighted by Gasteiger charge is 2.12. The Kier molecular flexibility index (Phi) is 3.71. The zero-order valence-corrected chi connectivity index (χ0v) is 11.0. The van der Waals surface area contributed by atoms with Crippen molar-refractivity contribution in [2.75, 3.05) is 11.1 Å². The molecule has 3 N–H and O–H groups in total. The van der Waals surface area contributed by atoms with E-state index in [1.54, 1.807) is 12.1 Å². The average molecular weight is 279 g/mol. The standard InChI is InChI=1S/C14H12ClFN2O/c1-8-2-5-13(12(17)6-8)18-14(19)10-4-3-9(16)7-11(10)15/h2-7H,17H2,1H3,(H,18,19). The topological polar surface area (TPSA) is 55.1 Å². The molecular formula is C14H12ClFN2O. The number of hydrogen-bond donors (Lipinski definition) is 2. The lowest BCUT2D eigenvalue weighted by Crippen LogP contribution is -2.13. The highest BCUT2D eigenvalue weighted by Crippen LogP contribution is 2.22. The van der Waals surface area contributed by atoms with Gasteiger partial charge in [0, 0.05) is 0 Å². The van der Waals surface area contributed by atoms with E-state index in [4.69, 9.17) is 17.3 Å². The van der Waals surface area contributed by atoms with Crippen LogP contribution in [-0.2, 0) is 0 Å². The maximum atomic E-state index is 12.9. The van der Waals surface area contributed by atoms with Crippen LogP contribution in [0.15, 0.2) is 36.4 Å². The van der Waals surface area contributed by atoms with Crippen molar-refractivity contribution in [1.29, 1.82) is 0 Å². The molecule has 0 aromatic heterocycles. The summed E-state index contributed by atoms with van der Waals surface area (Å²) in [6, 6.07) is 8.89. The number of benzene rings is 2.